The van der Waals surface area contributed by atoms with Crippen molar-refractivity contribution in [3.05, 3.63) is 29.8 Å². The van der Waals surface area contributed by atoms with E-state index in [1.807, 2.05) is 12.1 Å². The lowest BCUT2D eigenvalue weighted by atomic mass is 10.2. The van der Waals surface area contributed by atoms with Crippen LogP contribution in [0.15, 0.2) is 29.2 Å². The van der Waals surface area contributed by atoms with Gasteiger partial charge < -0.3 is 5.73 Å². The second-order valence-corrected chi connectivity index (χ2v) is 3.91. The van der Waals surface area contributed by atoms with E-state index in [9.17, 15) is 4.79 Å². The van der Waals surface area contributed by atoms with Crippen LogP contribution in [0.2, 0.25) is 0 Å². The first-order valence-corrected chi connectivity index (χ1v) is 5.25. The molecule has 1 amide bonds. The number of primary amides is 1. The van der Waals surface area contributed by atoms with Crippen molar-refractivity contribution >= 4 is 17.7 Å². The van der Waals surface area contributed by atoms with Crippen LogP contribution in [0.3, 0.4) is 0 Å². The molecule has 0 aliphatic heterocycles. The van der Waals surface area contributed by atoms with E-state index in [-0.39, 0.29) is 5.91 Å². The average Bonchev–Trinajstić information content (AvgIpc) is 2.15. The predicted octanol–water partition coefficient (Wildman–Crippen LogP) is 2.29. The molecule has 0 atom stereocenters. The van der Waals surface area contributed by atoms with E-state index in [4.69, 9.17) is 5.73 Å². The summed E-state index contributed by atoms with van der Waals surface area (Å²) in [5.74, 6) is 0.739. The molecule has 1 aromatic carbocycles. The second kappa shape index (κ2) is 4.92. The fourth-order valence-electron chi connectivity index (χ4n) is 0.935. The van der Waals surface area contributed by atoms with E-state index in [1.165, 1.54) is 4.90 Å². The number of carbonyl (C=O) groups is 1. The van der Waals surface area contributed by atoms with Crippen molar-refractivity contribution < 1.29 is 4.79 Å². The van der Waals surface area contributed by atoms with Gasteiger partial charge in [-0.1, -0.05) is 6.92 Å². The molecule has 0 saturated carbocycles. The molecule has 0 bridgehead atoms. The highest BCUT2D eigenvalue weighted by molar-refractivity contribution is 7.99. The van der Waals surface area contributed by atoms with E-state index in [2.05, 4.69) is 6.92 Å². The van der Waals surface area contributed by atoms with Crippen molar-refractivity contribution in [3.63, 3.8) is 0 Å². The summed E-state index contributed by atoms with van der Waals surface area (Å²) >= 11 is 1.79. The normalized spacial score (nSPS) is 9.92. The number of hydrogen-bond donors (Lipinski definition) is 1. The number of nitrogens with two attached hydrogens (primary N) is 1. The predicted molar refractivity (Wildman–Crippen MR) is 56.0 cm³/mol. The smallest absolute Gasteiger partial charge is 0.248 e. The SMILES string of the molecule is CCCSc1ccc(C(N)=O)cc1. The quantitative estimate of drug-likeness (QED) is 0.749. The Hall–Kier alpha value is -0.960. The van der Waals surface area contributed by atoms with E-state index in [1.54, 1.807) is 23.9 Å². The van der Waals surface area contributed by atoms with Crippen molar-refractivity contribution in [1.29, 1.82) is 0 Å². The Bertz CT molecular complexity index is 281. The second-order valence-electron chi connectivity index (χ2n) is 2.74. The first-order valence-electron chi connectivity index (χ1n) is 4.26. The molecule has 0 saturated heterocycles. The van der Waals surface area contributed by atoms with E-state index >= 15 is 0 Å². The van der Waals surface area contributed by atoms with Crippen LogP contribution < -0.4 is 5.73 Å². The van der Waals surface area contributed by atoms with Gasteiger partial charge in [0.05, 0.1) is 0 Å². The largest absolute Gasteiger partial charge is 0.366 e. The third-order valence-electron chi connectivity index (χ3n) is 1.61. The summed E-state index contributed by atoms with van der Waals surface area (Å²) in [6, 6.07) is 7.39. The fraction of sp³-hybridized carbons (Fsp3) is 0.300. The monoisotopic (exact) mass is 195 g/mol. The van der Waals surface area contributed by atoms with Crippen molar-refractivity contribution in [3.8, 4) is 0 Å². The van der Waals surface area contributed by atoms with Gasteiger partial charge in [0.1, 0.15) is 0 Å². The minimum atomic E-state index is -0.368. The van der Waals surface area contributed by atoms with Crippen LogP contribution in [0.1, 0.15) is 23.7 Å². The first kappa shape index (κ1) is 10.1. The van der Waals surface area contributed by atoms with Gasteiger partial charge in [0.2, 0.25) is 5.91 Å². The Morgan fingerprint density at radius 1 is 1.38 bits per heavy atom. The maximum absolute atomic E-state index is 10.7. The van der Waals surface area contributed by atoms with Gasteiger partial charge in [-0.05, 0) is 36.4 Å². The first-order chi connectivity index (χ1) is 6.24. The highest BCUT2D eigenvalue weighted by atomic mass is 32.2. The van der Waals surface area contributed by atoms with E-state index in [0.29, 0.717) is 5.56 Å². The maximum atomic E-state index is 10.7. The number of benzene rings is 1. The van der Waals surface area contributed by atoms with Gasteiger partial charge in [0, 0.05) is 10.5 Å². The third-order valence-corrected chi connectivity index (χ3v) is 2.83. The Labute approximate surface area is 82.5 Å². The molecule has 3 heteroatoms. The van der Waals surface area contributed by atoms with Gasteiger partial charge >= 0.3 is 0 Å². The molecule has 0 aliphatic rings. The van der Waals surface area contributed by atoms with Gasteiger partial charge in [0.15, 0.2) is 0 Å². The molecular weight excluding hydrogens is 182 g/mol. The molecule has 1 rings (SSSR count). The number of hydrogen-bond acceptors (Lipinski definition) is 2. The van der Waals surface area contributed by atoms with Crippen molar-refractivity contribution in [1.82, 2.24) is 0 Å². The highest BCUT2D eigenvalue weighted by Crippen LogP contribution is 2.18. The van der Waals surface area contributed by atoms with Crippen LogP contribution in [-0.4, -0.2) is 11.7 Å². The standard InChI is InChI=1S/C10H13NOS/c1-2-7-13-9-5-3-8(4-6-9)10(11)12/h3-6H,2,7H2,1H3,(H2,11,12). The van der Waals surface area contributed by atoms with Crippen LogP contribution in [0.4, 0.5) is 0 Å². The Balaban J connectivity index is 2.64. The number of rotatable bonds is 4. The zero-order chi connectivity index (χ0) is 9.68. The van der Waals surface area contributed by atoms with Gasteiger partial charge in [0.25, 0.3) is 0 Å². The molecule has 2 nitrogen and oxygen atoms in total. The minimum absolute atomic E-state index is 0.368. The number of carbonyl (C=O) groups excluding carboxylic acids is 1. The highest BCUT2D eigenvalue weighted by Gasteiger charge is 1.99. The molecule has 13 heavy (non-hydrogen) atoms. The molecule has 0 aromatic heterocycles. The van der Waals surface area contributed by atoms with E-state index < -0.39 is 0 Å². The number of amides is 1. The molecular formula is C10H13NOS. The minimum Gasteiger partial charge on any atom is -0.366 e. The summed E-state index contributed by atoms with van der Waals surface area (Å²) in [7, 11) is 0. The molecule has 0 fully saturated rings. The Morgan fingerprint density at radius 2 is 2.00 bits per heavy atom. The Kier molecular flexibility index (Phi) is 3.83. The summed E-state index contributed by atoms with van der Waals surface area (Å²) < 4.78 is 0. The van der Waals surface area contributed by atoms with Gasteiger partial charge in [-0.25, -0.2) is 0 Å². The van der Waals surface area contributed by atoms with Crippen molar-refractivity contribution in [2.45, 2.75) is 18.2 Å². The summed E-state index contributed by atoms with van der Waals surface area (Å²) in [6.45, 7) is 2.14. The van der Waals surface area contributed by atoms with Gasteiger partial charge in [-0.2, -0.15) is 0 Å². The molecule has 0 spiro atoms. The lowest BCUT2D eigenvalue weighted by Gasteiger charge is -2.00. The molecule has 0 radical (unpaired) electrons. The third kappa shape index (κ3) is 3.11. The van der Waals surface area contributed by atoms with Crippen molar-refractivity contribution in [2.75, 3.05) is 5.75 Å². The zero-order valence-electron chi connectivity index (χ0n) is 7.62. The summed E-state index contributed by atoms with van der Waals surface area (Å²) in [5.41, 5.74) is 5.69. The summed E-state index contributed by atoms with van der Waals surface area (Å²) in [6.07, 6.45) is 1.15. The van der Waals surface area contributed by atoms with Crippen LogP contribution in [-0.2, 0) is 0 Å². The lowest BCUT2D eigenvalue weighted by molar-refractivity contribution is 0.100. The van der Waals surface area contributed by atoms with Crippen molar-refractivity contribution in [2.24, 2.45) is 5.73 Å². The molecule has 70 valence electrons. The molecule has 0 heterocycles. The molecule has 2 N–H and O–H groups in total. The maximum Gasteiger partial charge on any atom is 0.248 e. The topological polar surface area (TPSA) is 43.1 Å². The average molecular weight is 195 g/mol. The van der Waals surface area contributed by atoms with Crippen LogP contribution in [0, 0.1) is 0 Å². The fourth-order valence-corrected chi connectivity index (χ4v) is 1.70. The molecule has 0 unspecified atom stereocenters. The van der Waals surface area contributed by atoms with Crippen LogP contribution in [0.5, 0.6) is 0 Å². The van der Waals surface area contributed by atoms with Crippen LogP contribution in [0.25, 0.3) is 0 Å². The van der Waals surface area contributed by atoms with Crippen LogP contribution >= 0.6 is 11.8 Å². The summed E-state index contributed by atoms with van der Waals surface area (Å²) in [5, 5.41) is 0. The molecule has 0 aliphatic carbocycles. The van der Waals surface area contributed by atoms with Gasteiger partial charge in [-0.15, -0.1) is 11.8 Å². The lowest BCUT2D eigenvalue weighted by Crippen LogP contribution is -2.10. The summed E-state index contributed by atoms with van der Waals surface area (Å²) in [4.78, 5) is 11.9. The zero-order valence-corrected chi connectivity index (χ0v) is 8.43. The Morgan fingerprint density at radius 3 is 2.46 bits per heavy atom. The van der Waals surface area contributed by atoms with E-state index in [0.717, 1.165) is 12.2 Å². The number of thioether (sulfide) groups is 1. The van der Waals surface area contributed by atoms with Gasteiger partial charge in [-0.3, -0.25) is 4.79 Å². The molecule has 1 aromatic rings.